The summed E-state index contributed by atoms with van der Waals surface area (Å²) in [5.41, 5.74) is -0.0521. The summed E-state index contributed by atoms with van der Waals surface area (Å²) in [6.07, 6.45) is 1.09. The Morgan fingerprint density at radius 1 is 0.667 bits per heavy atom. The first kappa shape index (κ1) is 23.9. The zero-order valence-corrected chi connectivity index (χ0v) is 14.9. The number of hydrogen-bond acceptors (Lipinski definition) is 8. The molecule has 0 aromatic rings. The standard InChI is InChI=1S/C9H14O4.C7H12O4/c1-4-7(8(10)12-5-2)9(11)13-6-3;1-3-10-6(8)5-7(9)11-4-2/h4H,5-6H2,1-3H3;3-5H2,1-2H3. The van der Waals surface area contributed by atoms with Crippen LogP contribution in [0.1, 0.15) is 41.0 Å². The second-order valence-corrected chi connectivity index (χ2v) is 3.93. The van der Waals surface area contributed by atoms with Gasteiger partial charge in [0.15, 0.2) is 0 Å². The first-order valence-corrected chi connectivity index (χ1v) is 7.69. The van der Waals surface area contributed by atoms with Crippen molar-refractivity contribution in [1.82, 2.24) is 0 Å². The molecule has 0 amide bonds. The maximum absolute atomic E-state index is 11.1. The summed E-state index contributed by atoms with van der Waals surface area (Å²) < 4.78 is 18.3. The van der Waals surface area contributed by atoms with Crippen LogP contribution in [0.3, 0.4) is 0 Å². The van der Waals surface area contributed by atoms with Crippen molar-refractivity contribution in [3.8, 4) is 0 Å². The van der Waals surface area contributed by atoms with Gasteiger partial charge >= 0.3 is 23.9 Å². The van der Waals surface area contributed by atoms with E-state index in [-0.39, 0.29) is 38.4 Å². The van der Waals surface area contributed by atoms with Crippen LogP contribution >= 0.6 is 0 Å². The van der Waals surface area contributed by atoms with E-state index in [2.05, 4.69) is 18.9 Å². The van der Waals surface area contributed by atoms with Crippen molar-refractivity contribution in [2.45, 2.75) is 41.0 Å². The molecule has 0 aromatic heterocycles. The maximum atomic E-state index is 11.1. The predicted molar refractivity (Wildman–Crippen MR) is 84.9 cm³/mol. The third-order valence-electron chi connectivity index (χ3n) is 2.18. The fraction of sp³-hybridized carbons (Fsp3) is 0.625. The van der Waals surface area contributed by atoms with Crippen molar-refractivity contribution < 1.29 is 38.1 Å². The first-order chi connectivity index (χ1) is 11.4. The lowest BCUT2D eigenvalue weighted by atomic mass is 10.2. The zero-order valence-electron chi connectivity index (χ0n) is 14.9. The number of ether oxygens (including phenoxy) is 4. The van der Waals surface area contributed by atoms with Crippen molar-refractivity contribution in [3.63, 3.8) is 0 Å². The molecule has 0 atom stereocenters. The van der Waals surface area contributed by atoms with Crippen LogP contribution in [-0.4, -0.2) is 50.3 Å². The van der Waals surface area contributed by atoms with Gasteiger partial charge in [-0.05, 0) is 34.6 Å². The van der Waals surface area contributed by atoms with Crippen LogP contribution < -0.4 is 0 Å². The molecule has 0 aliphatic rings. The van der Waals surface area contributed by atoms with Gasteiger partial charge in [-0.1, -0.05) is 6.08 Å². The molecule has 8 nitrogen and oxygen atoms in total. The molecule has 138 valence electrons. The Morgan fingerprint density at radius 2 is 1.00 bits per heavy atom. The van der Waals surface area contributed by atoms with Crippen molar-refractivity contribution in [1.29, 1.82) is 0 Å². The van der Waals surface area contributed by atoms with Crippen LogP contribution in [-0.2, 0) is 38.1 Å². The largest absolute Gasteiger partial charge is 0.466 e. The van der Waals surface area contributed by atoms with Gasteiger partial charge < -0.3 is 18.9 Å². The number of esters is 4. The molecular formula is C16H26O8. The molecule has 0 rings (SSSR count). The highest BCUT2D eigenvalue weighted by atomic mass is 16.6. The Bertz CT molecular complexity index is 403. The van der Waals surface area contributed by atoms with E-state index < -0.39 is 23.9 Å². The fourth-order valence-corrected chi connectivity index (χ4v) is 1.28. The quantitative estimate of drug-likeness (QED) is 0.214. The maximum Gasteiger partial charge on any atom is 0.345 e. The SMILES string of the molecule is CC=C(C(=O)OCC)C(=O)OCC.CCOC(=O)CC(=O)OCC. The molecule has 24 heavy (non-hydrogen) atoms. The molecule has 0 saturated heterocycles. The Hall–Kier alpha value is -2.38. The minimum Gasteiger partial charge on any atom is -0.466 e. The molecule has 0 fully saturated rings. The van der Waals surface area contributed by atoms with E-state index in [9.17, 15) is 19.2 Å². The average molecular weight is 346 g/mol. The van der Waals surface area contributed by atoms with E-state index in [0.29, 0.717) is 0 Å². The fourth-order valence-electron chi connectivity index (χ4n) is 1.28. The molecule has 0 unspecified atom stereocenters. The Kier molecular flexibility index (Phi) is 15.4. The number of carbonyl (C=O) groups excluding carboxylic acids is 4. The second-order valence-electron chi connectivity index (χ2n) is 3.93. The van der Waals surface area contributed by atoms with Crippen molar-refractivity contribution in [3.05, 3.63) is 11.6 Å². The highest BCUT2D eigenvalue weighted by Crippen LogP contribution is 2.01. The van der Waals surface area contributed by atoms with E-state index in [0.717, 1.165) is 0 Å². The van der Waals surface area contributed by atoms with E-state index in [1.165, 1.54) is 6.08 Å². The highest BCUT2D eigenvalue weighted by molar-refractivity contribution is 6.13. The van der Waals surface area contributed by atoms with Crippen molar-refractivity contribution >= 4 is 23.9 Å². The molecular weight excluding hydrogens is 320 g/mol. The molecule has 8 heteroatoms. The van der Waals surface area contributed by atoms with Crippen molar-refractivity contribution in [2.75, 3.05) is 26.4 Å². The third kappa shape index (κ3) is 12.2. The normalized spacial score (nSPS) is 8.88. The lowest BCUT2D eigenvalue weighted by Crippen LogP contribution is -2.18. The second kappa shape index (κ2) is 15.5. The van der Waals surface area contributed by atoms with Gasteiger partial charge in [-0.2, -0.15) is 0 Å². The Morgan fingerprint density at radius 3 is 1.25 bits per heavy atom. The lowest BCUT2D eigenvalue weighted by molar-refractivity contribution is -0.154. The Balaban J connectivity index is 0. The number of allylic oxidation sites excluding steroid dienone is 1. The van der Waals surface area contributed by atoms with Gasteiger partial charge in [0.1, 0.15) is 12.0 Å². The van der Waals surface area contributed by atoms with Crippen LogP contribution in [0.25, 0.3) is 0 Å². The first-order valence-electron chi connectivity index (χ1n) is 7.69. The van der Waals surface area contributed by atoms with E-state index >= 15 is 0 Å². The molecule has 0 aromatic carbocycles. The number of rotatable bonds is 8. The molecule has 0 radical (unpaired) electrons. The lowest BCUT2D eigenvalue weighted by Gasteiger charge is -2.04. The summed E-state index contributed by atoms with van der Waals surface area (Å²) in [5, 5.41) is 0. The van der Waals surface area contributed by atoms with Crippen LogP contribution in [0.4, 0.5) is 0 Å². The molecule has 0 saturated carbocycles. The van der Waals surface area contributed by atoms with Gasteiger partial charge in [0.2, 0.25) is 0 Å². The summed E-state index contributed by atoms with van der Waals surface area (Å²) in [6, 6.07) is 0. The molecule has 0 aliphatic carbocycles. The molecule has 0 N–H and O–H groups in total. The smallest absolute Gasteiger partial charge is 0.345 e. The van der Waals surface area contributed by atoms with Gasteiger partial charge in [-0.25, -0.2) is 9.59 Å². The predicted octanol–water partition coefficient (Wildman–Crippen LogP) is 1.56. The monoisotopic (exact) mass is 346 g/mol. The summed E-state index contributed by atoms with van der Waals surface area (Å²) in [7, 11) is 0. The van der Waals surface area contributed by atoms with Crippen molar-refractivity contribution in [2.24, 2.45) is 0 Å². The topological polar surface area (TPSA) is 105 Å². The molecule has 0 spiro atoms. The summed E-state index contributed by atoms with van der Waals surface area (Å²) >= 11 is 0. The summed E-state index contributed by atoms with van der Waals surface area (Å²) in [6.45, 7) is 9.38. The van der Waals surface area contributed by atoms with E-state index in [4.69, 9.17) is 0 Å². The van der Waals surface area contributed by atoms with Gasteiger partial charge in [0, 0.05) is 0 Å². The summed E-state index contributed by atoms with van der Waals surface area (Å²) in [4.78, 5) is 43.4. The minimum absolute atomic E-state index is 0.0521. The molecule has 0 heterocycles. The third-order valence-corrected chi connectivity index (χ3v) is 2.18. The van der Waals surface area contributed by atoms with Crippen LogP contribution in [0.2, 0.25) is 0 Å². The summed E-state index contributed by atoms with van der Waals surface area (Å²) in [5.74, 6) is -2.34. The van der Waals surface area contributed by atoms with E-state index in [1.54, 1.807) is 34.6 Å². The minimum atomic E-state index is -0.636. The van der Waals surface area contributed by atoms with E-state index in [1.807, 2.05) is 0 Å². The van der Waals surface area contributed by atoms with Gasteiger partial charge in [-0.3, -0.25) is 9.59 Å². The van der Waals surface area contributed by atoms with Crippen LogP contribution in [0.15, 0.2) is 11.6 Å². The molecule has 0 aliphatic heterocycles. The van der Waals surface area contributed by atoms with Gasteiger partial charge in [-0.15, -0.1) is 0 Å². The van der Waals surface area contributed by atoms with Crippen LogP contribution in [0, 0.1) is 0 Å². The van der Waals surface area contributed by atoms with Gasteiger partial charge in [0.25, 0.3) is 0 Å². The number of carbonyl (C=O) groups is 4. The number of hydrogen-bond donors (Lipinski definition) is 0. The van der Waals surface area contributed by atoms with Crippen LogP contribution in [0.5, 0.6) is 0 Å². The van der Waals surface area contributed by atoms with Gasteiger partial charge in [0.05, 0.1) is 26.4 Å². The zero-order chi connectivity index (χ0) is 19.0. The molecule has 0 bridgehead atoms. The average Bonchev–Trinajstić information content (AvgIpc) is 2.49. The Labute approximate surface area is 142 Å². The highest BCUT2D eigenvalue weighted by Gasteiger charge is 2.19.